The van der Waals surface area contributed by atoms with E-state index in [9.17, 15) is 9.59 Å². The van der Waals surface area contributed by atoms with Gasteiger partial charge in [0.15, 0.2) is 0 Å². The molecule has 1 amide bonds. The molecular weight excluding hydrogens is 336 g/mol. The lowest BCUT2D eigenvalue weighted by Gasteiger charge is -2.27. The van der Waals surface area contributed by atoms with Crippen LogP contribution in [0.15, 0.2) is 40.9 Å². The molecule has 0 bridgehead atoms. The average molecular weight is 360 g/mol. The van der Waals surface area contributed by atoms with Gasteiger partial charge < -0.3 is 14.0 Å². The summed E-state index contributed by atoms with van der Waals surface area (Å²) in [5, 5.41) is 3.83. The molecule has 0 aliphatic carbocycles. The van der Waals surface area contributed by atoms with Crippen LogP contribution in [0.3, 0.4) is 0 Å². The minimum Gasteiger partial charge on any atom is -0.455 e. The summed E-state index contributed by atoms with van der Waals surface area (Å²) in [6.07, 6.45) is -1.21. The first-order valence-corrected chi connectivity index (χ1v) is 8.34. The van der Waals surface area contributed by atoms with E-state index < -0.39 is 23.8 Å². The number of benzene rings is 1. The van der Waals surface area contributed by atoms with Gasteiger partial charge in [-0.15, -0.1) is 0 Å². The first-order chi connectivity index (χ1) is 12.2. The standard InChI is InChI=1S/C19H24N2O5/c1-13-11-16(20-26-13)14(2)24-17(22)12-21(15-9-7-6-8-10-15)18(23)25-19(3,4)5/h6-11,14H,12H2,1-5H3/t14-/m0/s1. The number of aromatic nitrogens is 1. The van der Waals surface area contributed by atoms with Crippen molar-refractivity contribution in [3.63, 3.8) is 0 Å². The van der Waals surface area contributed by atoms with Gasteiger partial charge in [0.05, 0.1) is 0 Å². The number of nitrogens with zero attached hydrogens (tertiary/aromatic N) is 2. The monoisotopic (exact) mass is 360 g/mol. The van der Waals surface area contributed by atoms with E-state index >= 15 is 0 Å². The predicted octanol–water partition coefficient (Wildman–Crippen LogP) is 4.03. The topological polar surface area (TPSA) is 81.9 Å². The molecule has 7 nitrogen and oxygen atoms in total. The van der Waals surface area contributed by atoms with Crippen LogP contribution in [0.2, 0.25) is 0 Å². The molecule has 0 saturated carbocycles. The zero-order valence-corrected chi connectivity index (χ0v) is 15.7. The maximum absolute atomic E-state index is 12.5. The summed E-state index contributed by atoms with van der Waals surface area (Å²) in [6, 6.07) is 10.5. The molecule has 0 radical (unpaired) electrons. The van der Waals surface area contributed by atoms with E-state index in [2.05, 4.69) is 5.16 Å². The fraction of sp³-hybridized carbons (Fsp3) is 0.421. The van der Waals surface area contributed by atoms with Crippen molar-refractivity contribution in [2.75, 3.05) is 11.4 Å². The number of para-hydroxylation sites is 1. The minimum atomic E-state index is -0.681. The largest absolute Gasteiger partial charge is 0.455 e. The van der Waals surface area contributed by atoms with E-state index in [-0.39, 0.29) is 6.54 Å². The maximum Gasteiger partial charge on any atom is 0.415 e. The number of aryl methyl sites for hydroxylation is 1. The number of esters is 1. The van der Waals surface area contributed by atoms with Crippen molar-refractivity contribution < 1.29 is 23.6 Å². The molecule has 0 aliphatic rings. The van der Waals surface area contributed by atoms with E-state index in [1.54, 1.807) is 65.0 Å². The number of amides is 1. The van der Waals surface area contributed by atoms with E-state index in [1.165, 1.54) is 4.90 Å². The zero-order valence-electron chi connectivity index (χ0n) is 15.7. The van der Waals surface area contributed by atoms with Crippen molar-refractivity contribution in [2.24, 2.45) is 0 Å². The summed E-state index contributed by atoms with van der Waals surface area (Å²) in [7, 11) is 0. The minimum absolute atomic E-state index is 0.278. The average Bonchev–Trinajstić information content (AvgIpc) is 2.98. The number of hydrogen-bond donors (Lipinski definition) is 0. The van der Waals surface area contributed by atoms with Gasteiger partial charge in [-0.05, 0) is 46.8 Å². The van der Waals surface area contributed by atoms with Gasteiger partial charge in [0, 0.05) is 11.8 Å². The fourth-order valence-corrected chi connectivity index (χ4v) is 2.19. The lowest BCUT2D eigenvalue weighted by Crippen LogP contribution is -2.40. The molecule has 0 spiro atoms. The van der Waals surface area contributed by atoms with Gasteiger partial charge in [-0.2, -0.15) is 0 Å². The van der Waals surface area contributed by atoms with Crippen molar-refractivity contribution in [1.29, 1.82) is 0 Å². The molecule has 0 N–H and O–H groups in total. The first-order valence-electron chi connectivity index (χ1n) is 8.34. The molecule has 1 atom stereocenters. The Bertz CT molecular complexity index is 749. The van der Waals surface area contributed by atoms with E-state index in [0.717, 1.165) is 0 Å². The predicted molar refractivity (Wildman–Crippen MR) is 95.8 cm³/mol. The second-order valence-corrected chi connectivity index (χ2v) is 6.90. The van der Waals surface area contributed by atoms with Crippen LogP contribution < -0.4 is 4.90 Å². The number of hydrogen-bond acceptors (Lipinski definition) is 6. The Morgan fingerprint density at radius 3 is 2.42 bits per heavy atom. The van der Waals surface area contributed by atoms with Crippen LogP contribution in [0.25, 0.3) is 0 Å². The van der Waals surface area contributed by atoms with Crippen LogP contribution in [0.5, 0.6) is 0 Å². The van der Waals surface area contributed by atoms with Crippen molar-refractivity contribution in [3.05, 3.63) is 47.9 Å². The maximum atomic E-state index is 12.5. The van der Waals surface area contributed by atoms with Gasteiger partial charge in [0.1, 0.15) is 29.7 Å². The molecule has 0 saturated heterocycles. The van der Waals surface area contributed by atoms with E-state index in [4.69, 9.17) is 14.0 Å². The van der Waals surface area contributed by atoms with Crippen LogP contribution in [0.4, 0.5) is 10.5 Å². The number of rotatable bonds is 5. The number of carbonyl (C=O) groups excluding carboxylic acids is 2. The molecule has 0 aliphatic heterocycles. The Hall–Kier alpha value is -2.83. The van der Waals surface area contributed by atoms with E-state index in [1.807, 2.05) is 6.07 Å². The second kappa shape index (κ2) is 8.03. The Balaban J connectivity index is 2.10. The summed E-state index contributed by atoms with van der Waals surface area (Å²) < 4.78 is 15.8. The molecular formula is C19H24N2O5. The SMILES string of the molecule is Cc1cc([C@H](C)OC(=O)CN(C(=O)OC(C)(C)C)c2ccccc2)no1. The summed E-state index contributed by atoms with van der Waals surface area (Å²) in [5.74, 6) is 0.0513. The molecule has 26 heavy (non-hydrogen) atoms. The van der Waals surface area contributed by atoms with Gasteiger partial charge in [-0.25, -0.2) is 4.79 Å². The van der Waals surface area contributed by atoms with Crippen LogP contribution in [-0.2, 0) is 14.3 Å². The van der Waals surface area contributed by atoms with Crippen LogP contribution in [0.1, 0.15) is 45.3 Å². The summed E-state index contributed by atoms with van der Waals surface area (Å²) in [6.45, 7) is 8.46. The van der Waals surface area contributed by atoms with Crippen molar-refractivity contribution in [1.82, 2.24) is 5.16 Å². The Morgan fingerprint density at radius 1 is 1.23 bits per heavy atom. The third-order valence-corrected chi connectivity index (χ3v) is 3.34. The van der Waals surface area contributed by atoms with Crippen LogP contribution in [0, 0.1) is 6.92 Å². The molecule has 7 heteroatoms. The van der Waals surface area contributed by atoms with Crippen molar-refractivity contribution in [2.45, 2.75) is 46.3 Å². The van der Waals surface area contributed by atoms with Gasteiger partial charge in [0.2, 0.25) is 0 Å². The molecule has 140 valence electrons. The van der Waals surface area contributed by atoms with Crippen LogP contribution >= 0.6 is 0 Å². The highest BCUT2D eigenvalue weighted by molar-refractivity contribution is 5.93. The van der Waals surface area contributed by atoms with Crippen LogP contribution in [-0.4, -0.2) is 29.4 Å². The summed E-state index contributed by atoms with van der Waals surface area (Å²) in [4.78, 5) is 26.1. The molecule has 1 aromatic carbocycles. The summed E-state index contributed by atoms with van der Waals surface area (Å²) >= 11 is 0. The van der Waals surface area contributed by atoms with Gasteiger partial charge in [-0.3, -0.25) is 9.69 Å². The molecule has 0 unspecified atom stereocenters. The third kappa shape index (κ3) is 5.61. The van der Waals surface area contributed by atoms with Gasteiger partial charge in [0.25, 0.3) is 0 Å². The molecule has 1 aromatic heterocycles. The number of anilines is 1. The molecule has 2 aromatic rings. The zero-order chi connectivity index (χ0) is 19.3. The highest BCUT2D eigenvalue weighted by Gasteiger charge is 2.27. The Kier molecular flexibility index (Phi) is 6.02. The van der Waals surface area contributed by atoms with Gasteiger partial charge in [-0.1, -0.05) is 23.4 Å². The summed E-state index contributed by atoms with van der Waals surface area (Å²) in [5.41, 5.74) is 0.377. The number of ether oxygens (including phenoxy) is 2. The molecule has 0 fully saturated rings. The second-order valence-electron chi connectivity index (χ2n) is 6.90. The Morgan fingerprint density at radius 2 is 1.88 bits per heavy atom. The van der Waals surface area contributed by atoms with Crippen molar-refractivity contribution >= 4 is 17.7 Å². The highest BCUT2D eigenvalue weighted by Crippen LogP contribution is 2.20. The lowest BCUT2D eigenvalue weighted by molar-refractivity contribution is -0.147. The quantitative estimate of drug-likeness (QED) is 0.749. The fourth-order valence-electron chi connectivity index (χ4n) is 2.19. The first kappa shape index (κ1) is 19.5. The smallest absolute Gasteiger partial charge is 0.415 e. The van der Waals surface area contributed by atoms with Crippen molar-refractivity contribution in [3.8, 4) is 0 Å². The highest BCUT2D eigenvalue weighted by atomic mass is 16.6. The van der Waals surface area contributed by atoms with E-state index in [0.29, 0.717) is 17.1 Å². The van der Waals surface area contributed by atoms with Gasteiger partial charge >= 0.3 is 12.1 Å². The Labute approximate surface area is 152 Å². The molecule has 2 rings (SSSR count). The lowest BCUT2D eigenvalue weighted by atomic mass is 10.2. The normalized spacial score (nSPS) is 12.3. The number of carbonyl (C=O) groups is 2. The third-order valence-electron chi connectivity index (χ3n) is 3.34. The molecule has 1 heterocycles.